The second-order valence-electron chi connectivity index (χ2n) is 2.41. The van der Waals surface area contributed by atoms with Crippen LogP contribution in [-0.2, 0) is 14.3 Å². The SMILES string of the molecule is CCCCC=CS(=O)(=O)OCC.[Na]. The van der Waals surface area contributed by atoms with Crippen LogP contribution >= 0.6 is 0 Å². The van der Waals surface area contributed by atoms with Crippen LogP contribution in [0.3, 0.4) is 0 Å². The Kier molecular flexibility index (Phi) is 11.4. The molecule has 0 atom stereocenters. The first kappa shape index (κ1) is 16.1. The van der Waals surface area contributed by atoms with Crippen molar-refractivity contribution >= 4 is 39.7 Å². The number of hydrogen-bond acceptors (Lipinski definition) is 3. The summed E-state index contributed by atoms with van der Waals surface area (Å²) < 4.78 is 26.3. The van der Waals surface area contributed by atoms with Gasteiger partial charge in [0.1, 0.15) is 0 Å². The zero-order valence-electron chi connectivity index (χ0n) is 8.62. The Hall–Kier alpha value is 0.650. The zero-order valence-corrected chi connectivity index (χ0v) is 11.4. The van der Waals surface area contributed by atoms with Crippen molar-refractivity contribution in [2.24, 2.45) is 0 Å². The summed E-state index contributed by atoms with van der Waals surface area (Å²) in [5.41, 5.74) is 0. The van der Waals surface area contributed by atoms with E-state index in [1.807, 2.05) is 0 Å². The second-order valence-corrected chi connectivity index (χ2v) is 3.91. The van der Waals surface area contributed by atoms with Crippen LogP contribution in [-0.4, -0.2) is 44.6 Å². The third-order valence-corrected chi connectivity index (χ3v) is 2.36. The zero-order chi connectivity index (χ0) is 9.45. The second kappa shape index (κ2) is 9.21. The molecule has 5 heteroatoms. The smallest absolute Gasteiger partial charge is 0.267 e. The molecule has 0 heterocycles. The minimum absolute atomic E-state index is 0. The van der Waals surface area contributed by atoms with Gasteiger partial charge >= 0.3 is 0 Å². The van der Waals surface area contributed by atoms with Crippen molar-refractivity contribution in [3.63, 3.8) is 0 Å². The summed E-state index contributed by atoms with van der Waals surface area (Å²) in [5.74, 6) is 0. The Morgan fingerprint density at radius 3 is 2.38 bits per heavy atom. The van der Waals surface area contributed by atoms with Crippen molar-refractivity contribution in [3.05, 3.63) is 11.5 Å². The first-order chi connectivity index (χ1) is 5.62. The molecule has 3 nitrogen and oxygen atoms in total. The van der Waals surface area contributed by atoms with E-state index in [4.69, 9.17) is 0 Å². The van der Waals surface area contributed by atoms with E-state index in [1.165, 1.54) is 0 Å². The van der Waals surface area contributed by atoms with Crippen LogP contribution in [0.1, 0.15) is 33.1 Å². The van der Waals surface area contributed by atoms with Crippen LogP contribution in [0.4, 0.5) is 0 Å². The van der Waals surface area contributed by atoms with Crippen LogP contribution in [0, 0.1) is 0 Å². The van der Waals surface area contributed by atoms with E-state index < -0.39 is 10.1 Å². The molecule has 0 aliphatic carbocycles. The van der Waals surface area contributed by atoms with Crippen LogP contribution < -0.4 is 0 Å². The van der Waals surface area contributed by atoms with Crippen LogP contribution in [0.2, 0.25) is 0 Å². The van der Waals surface area contributed by atoms with Crippen molar-refractivity contribution < 1.29 is 12.6 Å². The first-order valence-electron chi connectivity index (χ1n) is 4.18. The summed E-state index contributed by atoms with van der Waals surface area (Å²) >= 11 is 0. The van der Waals surface area contributed by atoms with Gasteiger partial charge in [-0.05, 0) is 13.3 Å². The largest absolute Gasteiger partial charge is 0.289 e. The van der Waals surface area contributed by atoms with Gasteiger partial charge in [-0.2, -0.15) is 8.42 Å². The molecule has 13 heavy (non-hydrogen) atoms. The van der Waals surface area contributed by atoms with Crippen LogP contribution in [0.15, 0.2) is 11.5 Å². The summed E-state index contributed by atoms with van der Waals surface area (Å²) in [6, 6.07) is 0. The number of hydrogen-bond donors (Lipinski definition) is 0. The van der Waals surface area contributed by atoms with Crippen molar-refractivity contribution in [3.8, 4) is 0 Å². The van der Waals surface area contributed by atoms with Crippen molar-refractivity contribution in [1.82, 2.24) is 0 Å². The van der Waals surface area contributed by atoms with Gasteiger partial charge in [0, 0.05) is 29.6 Å². The molecule has 0 fully saturated rings. The third-order valence-electron chi connectivity index (χ3n) is 1.27. The Morgan fingerprint density at radius 1 is 1.31 bits per heavy atom. The third kappa shape index (κ3) is 10.6. The van der Waals surface area contributed by atoms with E-state index in [1.54, 1.807) is 13.0 Å². The molecule has 0 N–H and O–H groups in total. The van der Waals surface area contributed by atoms with Crippen LogP contribution in [0.25, 0.3) is 0 Å². The quantitative estimate of drug-likeness (QED) is 0.384. The summed E-state index contributed by atoms with van der Waals surface area (Å²) in [7, 11) is -3.39. The molecule has 0 rings (SSSR count). The molecule has 0 aliphatic heterocycles. The van der Waals surface area contributed by atoms with E-state index in [-0.39, 0.29) is 36.2 Å². The maximum atomic E-state index is 10.9. The Balaban J connectivity index is 0. The molecule has 0 aromatic heterocycles. The molecule has 0 aromatic carbocycles. The Bertz CT molecular complexity index is 222. The van der Waals surface area contributed by atoms with Gasteiger partial charge in [0.2, 0.25) is 0 Å². The number of allylic oxidation sites excluding steroid dienone is 1. The molecular weight excluding hydrogens is 199 g/mol. The topological polar surface area (TPSA) is 43.4 Å². The van der Waals surface area contributed by atoms with Gasteiger partial charge in [-0.1, -0.05) is 25.8 Å². The molecule has 1 radical (unpaired) electrons. The maximum absolute atomic E-state index is 10.9. The molecule has 0 unspecified atom stereocenters. The van der Waals surface area contributed by atoms with E-state index in [9.17, 15) is 8.42 Å². The minimum Gasteiger partial charge on any atom is -0.267 e. The van der Waals surface area contributed by atoms with Crippen LogP contribution in [0.5, 0.6) is 0 Å². The molecule has 0 aromatic rings. The fourth-order valence-corrected chi connectivity index (χ4v) is 1.49. The minimum atomic E-state index is -3.39. The fraction of sp³-hybridized carbons (Fsp3) is 0.750. The molecule has 0 saturated carbocycles. The van der Waals surface area contributed by atoms with E-state index in [2.05, 4.69) is 11.1 Å². The number of rotatable bonds is 6. The van der Waals surface area contributed by atoms with Gasteiger partial charge in [0.15, 0.2) is 0 Å². The van der Waals surface area contributed by atoms with E-state index >= 15 is 0 Å². The molecule has 0 bridgehead atoms. The van der Waals surface area contributed by atoms with Gasteiger partial charge in [-0.15, -0.1) is 0 Å². The van der Waals surface area contributed by atoms with Gasteiger partial charge in [0.05, 0.1) is 12.0 Å². The predicted molar refractivity (Wildman–Crippen MR) is 55.0 cm³/mol. The van der Waals surface area contributed by atoms with Crippen molar-refractivity contribution in [2.75, 3.05) is 6.61 Å². The fourth-order valence-electron chi connectivity index (χ4n) is 0.711. The summed E-state index contributed by atoms with van der Waals surface area (Å²) in [6.45, 7) is 3.91. The van der Waals surface area contributed by atoms with Gasteiger partial charge in [0.25, 0.3) is 10.1 Å². The molecule has 0 aliphatic rings. The maximum Gasteiger partial charge on any atom is 0.289 e. The van der Waals surface area contributed by atoms with E-state index in [0.29, 0.717) is 0 Å². The van der Waals surface area contributed by atoms with Crippen molar-refractivity contribution in [1.29, 1.82) is 0 Å². The monoisotopic (exact) mass is 215 g/mol. The van der Waals surface area contributed by atoms with Gasteiger partial charge < -0.3 is 0 Å². The molecule has 0 amide bonds. The van der Waals surface area contributed by atoms with E-state index in [0.717, 1.165) is 24.7 Å². The Morgan fingerprint density at radius 2 is 1.92 bits per heavy atom. The number of unbranched alkanes of at least 4 members (excludes halogenated alkanes) is 2. The Labute approximate surface area is 103 Å². The van der Waals surface area contributed by atoms with Gasteiger partial charge in [-0.3, -0.25) is 4.18 Å². The summed E-state index contributed by atoms with van der Waals surface area (Å²) in [4.78, 5) is 0. The van der Waals surface area contributed by atoms with Crippen molar-refractivity contribution in [2.45, 2.75) is 33.1 Å². The predicted octanol–water partition coefficient (Wildman–Crippen LogP) is 1.68. The first-order valence-corrected chi connectivity index (χ1v) is 5.65. The average Bonchev–Trinajstić information content (AvgIpc) is 1.98. The molecule has 0 spiro atoms. The molecule has 0 saturated heterocycles. The molecular formula is C8H16NaO3S. The summed E-state index contributed by atoms with van der Waals surface area (Å²) in [6.07, 6.45) is 4.51. The standard InChI is InChI=1S/C8H16O3S.Na/c1-3-5-6-7-8-12(9,10)11-4-2;/h7-8H,3-6H2,1-2H3;. The molecule has 73 valence electrons. The average molecular weight is 215 g/mol. The normalized spacial score (nSPS) is 11.5. The summed E-state index contributed by atoms with van der Waals surface area (Å²) in [5, 5.41) is 1.13. The van der Waals surface area contributed by atoms with Gasteiger partial charge in [-0.25, -0.2) is 0 Å².